The normalized spacial score (nSPS) is 12.2. The Balaban J connectivity index is 0.00000112. The van der Waals surface area contributed by atoms with Crippen LogP contribution in [0.1, 0.15) is 23.7 Å². The minimum absolute atomic E-state index is 0. The second-order valence-corrected chi connectivity index (χ2v) is 4.08. The lowest BCUT2D eigenvalue weighted by Crippen LogP contribution is -2.03. The van der Waals surface area contributed by atoms with Crippen molar-refractivity contribution in [3.63, 3.8) is 0 Å². The molecule has 0 saturated heterocycles. The van der Waals surface area contributed by atoms with Gasteiger partial charge in [-0.25, -0.2) is 4.98 Å². The summed E-state index contributed by atoms with van der Waals surface area (Å²) in [4.78, 5) is 4.35. The Hall–Kier alpha value is -0.910. The Morgan fingerprint density at radius 1 is 1.53 bits per heavy atom. The van der Waals surface area contributed by atoms with E-state index in [1.807, 2.05) is 25.3 Å². The van der Waals surface area contributed by atoms with Crippen molar-refractivity contribution in [2.45, 2.75) is 19.9 Å². The van der Waals surface area contributed by atoms with Gasteiger partial charge in [0.05, 0.1) is 11.7 Å². The Labute approximate surface area is 97.9 Å². The molecule has 0 fully saturated rings. The number of nitrogens with two attached hydrogens (primary N) is 1. The summed E-state index contributed by atoms with van der Waals surface area (Å²) in [6.07, 6.45) is 0. The number of nitrogens with zero attached hydrogens (tertiary/aromatic N) is 2. The van der Waals surface area contributed by atoms with Gasteiger partial charge < -0.3 is 10.3 Å². The molecule has 2 N–H and O–H groups in total. The van der Waals surface area contributed by atoms with Gasteiger partial charge in [0.1, 0.15) is 10.7 Å². The number of thiazole rings is 1. The predicted octanol–water partition coefficient (Wildman–Crippen LogP) is 2.55. The maximum absolute atomic E-state index is 5.71. The summed E-state index contributed by atoms with van der Waals surface area (Å²) >= 11 is 1.54. The molecule has 0 saturated carbocycles. The maximum atomic E-state index is 5.71. The van der Waals surface area contributed by atoms with Crippen LogP contribution in [0.15, 0.2) is 16.0 Å². The Morgan fingerprint density at radius 3 is 2.73 bits per heavy atom. The van der Waals surface area contributed by atoms with Crippen molar-refractivity contribution in [3.8, 4) is 11.5 Å². The molecule has 2 aromatic heterocycles. The zero-order valence-corrected chi connectivity index (χ0v) is 10.1. The number of aryl methyl sites for hydroxylation is 1. The summed E-state index contributed by atoms with van der Waals surface area (Å²) in [6, 6.07) is 1.83. The third-order valence-corrected chi connectivity index (χ3v) is 2.84. The zero-order valence-electron chi connectivity index (χ0n) is 8.43. The highest BCUT2D eigenvalue weighted by atomic mass is 35.5. The van der Waals surface area contributed by atoms with Crippen molar-refractivity contribution in [2.24, 2.45) is 5.73 Å². The van der Waals surface area contributed by atoms with Crippen molar-refractivity contribution in [1.29, 1.82) is 0 Å². The fourth-order valence-electron chi connectivity index (χ4n) is 1.09. The van der Waals surface area contributed by atoms with Crippen LogP contribution in [0.4, 0.5) is 0 Å². The quantitative estimate of drug-likeness (QED) is 0.883. The molecule has 0 aliphatic heterocycles. The van der Waals surface area contributed by atoms with E-state index in [4.69, 9.17) is 10.3 Å². The molecule has 0 aliphatic rings. The second kappa shape index (κ2) is 4.74. The minimum atomic E-state index is -0.0298. The summed E-state index contributed by atoms with van der Waals surface area (Å²) in [6.45, 7) is 3.79. The van der Waals surface area contributed by atoms with Gasteiger partial charge in [-0.05, 0) is 13.8 Å². The third kappa shape index (κ3) is 2.56. The lowest BCUT2D eigenvalue weighted by molar-refractivity contribution is 0.426. The van der Waals surface area contributed by atoms with Crippen molar-refractivity contribution in [1.82, 2.24) is 10.1 Å². The largest absolute Gasteiger partial charge is 0.354 e. The van der Waals surface area contributed by atoms with Crippen LogP contribution in [0.2, 0.25) is 0 Å². The standard InChI is InChI=1S/C9H11N3OS.ClH/c1-5-3-8(13-12-5)7-4-14-9(11-7)6(2)10;/h3-4,6H,10H2,1-2H3;1H. The molecule has 1 unspecified atom stereocenters. The SMILES string of the molecule is Cc1cc(-c2csc(C(C)N)n2)on1.Cl. The van der Waals surface area contributed by atoms with E-state index in [0.29, 0.717) is 5.76 Å². The smallest absolute Gasteiger partial charge is 0.186 e. The molecule has 6 heteroatoms. The highest BCUT2D eigenvalue weighted by Crippen LogP contribution is 2.24. The van der Waals surface area contributed by atoms with Crippen molar-refractivity contribution in [3.05, 3.63) is 22.1 Å². The van der Waals surface area contributed by atoms with Gasteiger partial charge in [-0.2, -0.15) is 0 Å². The fourth-order valence-corrected chi connectivity index (χ4v) is 1.86. The molecule has 0 bridgehead atoms. The summed E-state index contributed by atoms with van der Waals surface area (Å²) in [5.41, 5.74) is 7.38. The van der Waals surface area contributed by atoms with Gasteiger partial charge in [-0.1, -0.05) is 5.16 Å². The lowest BCUT2D eigenvalue weighted by atomic mass is 10.3. The molecule has 0 aromatic carbocycles. The van der Waals surface area contributed by atoms with E-state index in [-0.39, 0.29) is 18.4 Å². The highest BCUT2D eigenvalue weighted by Gasteiger charge is 2.10. The van der Waals surface area contributed by atoms with Crippen LogP contribution in [-0.4, -0.2) is 10.1 Å². The van der Waals surface area contributed by atoms with E-state index in [9.17, 15) is 0 Å². The molecule has 15 heavy (non-hydrogen) atoms. The third-order valence-electron chi connectivity index (χ3n) is 1.79. The molecule has 0 spiro atoms. The van der Waals surface area contributed by atoms with Gasteiger partial charge in [0.25, 0.3) is 0 Å². The number of hydrogen-bond acceptors (Lipinski definition) is 5. The van der Waals surface area contributed by atoms with Gasteiger partial charge >= 0.3 is 0 Å². The van der Waals surface area contributed by atoms with E-state index in [1.165, 1.54) is 11.3 Å². The van der Waals surface area contributed by atoms with Crippen molar-refractivity contribution >= 4 is 23.7 Å². The zero-order chi connectivity index (χ0) is 10.1. The van der Waals surface area contributed by atoms with Crippen LogP contribution < -0.4 is 5.73 Å². The molecule has 0 radical (unpaired) electrons. The van der Waals surface area contributed by atoms with Gasteiger partial charge in [-0.3, -0.25) is 0 Å². The monoisotopic (exact) mass is 245 g/mol. The van der Waals surface area contributed by atoms with E-state index in [2.05, 4.69) is 10.1 Å². The number of aromatic nitrogens is 2. The first kappa shape index (κ1) is 12.2. The van der Waals surface area contributed by atoms with Crippen LogP contribution in [0.5, 0.6) is 0 Å². The molecular weight excluding hydrogens is 234 g/mol. The molecule has 2 aromatic rings. The predicted molar refractivity (Wildman–Crippen MR) is 62.2 cm³/mol. The first-order valence-corrected chi connectivity index (χ1v) is 5.19. The first-order valence-electron chi connectivity index (χ1n) is 4.31. The van der Waals surface area contributed by atoms with Gasteiger partial charge in [0.15, 0.2) is 5.76 Å². The molecule has 2 heterocycles. The van der Waals surface area contributed by atoms with E-state index in [0.717, 1.165) is 16.4 Å². The number of rotatable bonds is 2. The lowest BCUT2D eigenvalue weighted by Gasteiger charge is -1.95. The Kier molecular flexibility index (Phi) is 3.84. The fraction of sp³-hybridized carbons (Fsp3) is 0.333. The second-order valence-electron chi connectivity index (χ2n) is 3.19. The molecular formula is C9H12ClN3OS. The summed E-state index contributed by atoms with van der Waals surface area (Å²) in [5, 5.41) is 6.65. The van der Waals surface area contributed by atoms with Crippen LogP contribution in [0.3, 0.4) is 0 Å². The molecule has 4 nitrogen and oxygen atoms in total. The summed E-state index contributed by atoms with van der Waals surface area (Å²) in [7, 11) is 0. The Morgan fingerprint density at radius 2 is 2.27 bits per heavy atom. The molecule has 2 rings (SSSR count). The van der Waals surface area contributed by atoms with E-state index >= 15 is 0 Å². The average Bonchev–Trinajstić information content (AvgIpc) is 2.70. The molecule has 82 valence electrons. The molecule has 1 atom stereocenters. The first-order chi connectivity index (χ1) is 6.66. The summed E-state index contributed by atoms with van der Waals surface area (Å²) in [5.74, 6) is 0.700. The Bertz CT molecular complexity index is 438. The van der Waals surface area contributed by atoms with Crippen molar-refractivity contribution < 1.29 is 4.52 Å². The topological polar surface area (TPSA) is 64.9 Å². The molecule has 0 amide bonds. The van der Waals surface area contributed by atoms with Crippen LogP contribution in [0.25, 0.3) is 11.5 Å². The van der Waals surface area contributed by atoms with E-state index < -0.39 is 0 Å². The van der Waals surface area contributed by atoms with Crippen LogP contribution in [-0.2, 0) is 0 Å². The van der Waals surface area contributed by atoms with Crippen LogP contribution >= 0.6 is 23.7 Å². The number of halogens is 1. The minimum Gasteiger partial charge on any atom is -0.354 e. The molecule has 0 aliphatic carbocycles. The summed E-state index contributed by atoms with van der Waals surface area (Å²) < 4.78 is 5.10. The van der Waals surface area contributed by atoms with E-state index in [1.54, 1.807) is 0 Å². The van der Waals surface area contributed by atoms with Gasteiger partial charge in [-0.15, -0.1) is 23.7 Å². The van der Waals surface area contributed by atoms with Gasteiger partial charge in [0.2, 0.25) is 0 Å². The highest BCUT2D eigenvalue weighted by molar-refractivity contribution is 7.10. The van der Waals surface area contributed by atoms with Crippen LogP contribution in [0, 0.1) is 6.92 Å². The number of hydrogen-bond donors (Lipinski definition) is 1. The maximum Gasteiger partial charge on any atom is 0.186 e. The van der Waals surface area contributed by atoms with Gasteiger partial charge in [0, 0.05) is 11.4 Å². The average molecular weight is 246 g/mol. The van der Waals surface area contributed by atoms with Crippen molar-refractivity contribution in [2.75, 3.05) is 0 Å².